The van der Waals surface area contributed by atoms with Gasteiger partial charge in [0.2, 0.25) is 0 Å². The maximum atomic E-state index is 12.7. The van der Waals surface area contributed by atoms with Gasteiger partial charge in [-0.25, -0.2) is 0 Å². The van der Waals surface area contributed by atoms with Crippen molar-refractivity contribution in [2.75, 3.05) is 6.61 Å². The van der Waals surface area contributed by atoms with E-state index < -0.39 is 18.0 Å². The van der Waals surface area contributed by atoms with Crippen molar-refractivity contribution in [3.63, 3.8) is 0 Å². The quantitative estimate of drug-likeness (QED) is 0.787. The first kappa shape index (κ1) is 16.0. The van der Waals surface area contributed by atoms with Gasteiger partial charge in [-0.15, -0.1) is 0 Å². The van der Waals surface area contributed by atoms with Gasteiger partial charge in [0, 0.05) is 13.5 Å². The zero-order valence-corrected chi connectivity index (χ0v) is 13.5. The molecule has 0 aromatic heterocycles. The van der Waals surface area contributed by atoms with E-state index >= 15 is 0 Å². The Morgan fingerprint density at radius 2 is 1.96 bits per heavy atom. The average molecular weight is 319 g/mol. The number of carbonyl (C=O) groups excluding carboxylic acids is 2. The number of nitrogens with zero attached hydrogens (tertiary/aromatic N) is 1. The highest BCUT2D eigenvalue weighted by Crippen LogP contribution is 2.38. The van der Waals surface area contributed by atoms with Crippen molar-refractivity contribution in [3.8, 4) is 0 Å². The van der Waals surface area contributed by atoms with E-state index in [-0.39, 0.29) is 24.5 Å². The van der Waals surface area contributed by atoms with E-state index in [0.29, 0.717) is 6.54 Å². The summed E-state index contributed by atoms with van der Waals surface area (Å²) in [5.74, 6) is -1.31. The summed E-state index contributed by atoms with van der Waals surface area (Å²) in [4.78, 5) is 25.6. The van der Waals surface area contributed by atoms with E-state index in [4.69, 9.17) is 14.2 Å². The first-order valence-electron chi connectivity index (χ1n) is 7.71. The Balaban J connectivity index is 1.82. The Labute approximate surface area is 135 Å². The normalized spacial score (nSPS) is 28.7. The number of rotatable bonds is 4. The fourth-order valence-corrected chi connectivity index (χ4v) is 3.13. The van der Waals surface area contributed by atoms with Crippen LogP contribution < -0.4 is 0 Å². The molecule has 2 saturated heterocycles. The monoisotopic (exact) mass is 319 g/mol. The number of benzene rings is 1. The molecule has 2 aliphatic rings. The molecule has 2 fully saturated rings. The highest BCUT2D eigenvalue weighted by molar-refractivity contribution is 5.85. The SMILES string of the molecule is CC(=O)OC[C@@H]1[C@H]2OC(C)(C)O[C@H]2C(=O)N1Cc1ccccc1. The van der Waals surface area contributed by atoms with E-state index in [0.717, 1.165) is 5.56 Å². The number of fused-ring (bicyclic) bond motifs is 1. The third-order valence-electron chi connectivity index (χ3n) is 4.09. The second-order valence-corrected chi connectivity index (χ2v) is 6.34. The van der Waals surface area contributed by atoms with Crippen molar-refractivity contribution in [2.45, 2.75) is 51.4 Å². The van der Waals surface area contributed by atoms with Gasteiger partial charge >= 0.3 is 5.97 Å². The van der Waals surface area contributed by atoms with Crippen LogP contribution in [0.5, 0.6) is 0 Å². The minimum Gasteiger partial charge on any atom is -0.464 e. The van der Waals surface area contributed by atoms with Crippen LogP contribution in [0.25, 0.3) is 0 Å². The van der Waals surface area contributed by atoms with E-state index in [9.17, 15) is 9.59 Å². The van der Waals surface area contributed by atoms with Gasteiger partial charge in [0.05, 0.1) is 6.04 Å². The molecule has 124 valence electrons. The Morgan fingerprint density at radius 1 is 1.26 bits per heavy atom. The maximum Gasteiger partial charge on any atom is 0.302 e. The molecule has 3 atom stereocenters. The van der Waals surface area contributed by atoms with E-state index in [2.05, 4.69) is 0 Å². The molecule has 0 saturated carbocycles. The fourth-order valence-electron chi connectivity index (χ4n) is 3.13. The van der Waals surface area contributed by atoms with Crippen molar-refractivity contribution in [1.29, 1.82) is 0 Å². The first-order chi connectivity index (χ1) is 10.9. The van der Waals surface area contributed by atoms with Gasteiger partial charge in [-0.05, 0) is 19.4 Å². The lowest BCUT2D eigenvalue weighted by Crippen LogP contribution is -2.43. The number of hydrogen-bond donors (Lipinski definition) is 0. The molecule has 23 heavy (non-hydrogen) atoms. The largest absolute Gasteiger partial charge is 0.464 e. The van der Waals surface area contributed by atoms with Gasteiger partial charge in [-0.1, -0.05) is 30.3 Å². The summed E-state index contributed by atoms with van der Waals surface area (Å²) in [5, 5.41) is 0. The standard InChI is InChI=1S/C17H21NO5/c1-11(19)21-10-13-14-15(23-17(2,3)22-14)16(20)18(13)9-12-7-5-4-6-8-12/h4-8,13-15H,9-10H2,1-3H3/t13-,14-,15-/m1/s1. The Morgan fingerprint density at radius 3 is 2.61 bits per heavy atom. The number of hydrogen-bond acceptors (Lipinski definition) is 5. The second kappa shape index (κ2) is 5.94. The van der Waals surface area contributed by atoms with Crippen LogP contribution in [0.1, 0.15) is 26.3 Å². The zero-order valence-electron chi connectivity index (χ0n) is 13.5. The van der Waals surface area contributed by atoms with Gasteiger partial charge < -0.3 is 19.1 Å². The predicted molar refractivity (Wildman–Crippen MR) is 81.2 cm³/mol. The summed E-state index contributed by atoms with van der Waals surface area (Å²) in [7, 11) is 0. The summed E-state index contributed by atoms with van der Waals surface area (Å²) in [6.07, 6.45) is -1.07. The van der Waals surface area contributed by atoms with Crippen LogP contribution in [0.3, 0.4) is 0 Å². The smallest absolute Gasteiger partial charge is 0.302 e. The van der Waals surface area contributed by atoms with Crippen LogP contribution in [0, 0.1) is 0 Å². The minimum absolute atomic E-state index is 0.106. The van der Waals surface area contributed by atoms with Gasteiger partial charge in [-0.2, -0.15) is 0 Å². The molecule has 0 unspecified atom stereocenters. The van der Waals surface area contributed by atoms with Crippen molar-refractivity contribution in [1.82, 2.24) is 4.90 Å². The maximum absolute atomic E-state index is 12.7. The number of carbonyl (C=O) groups is 2. The molecule has 2 heterocycles. The van der Waals surface area contributed by atoms with Crippen molar-refractivity contribution in [3.05, 3.63) is 35.9 Å². The average Bonchev–Trinajstić information content (AvgIpc) is 2.92. The first-order valence-corrected chi connectivity index (χ1v) is 7.71. The fraction of sp³-hybridized carbons (Fsp3) is 0.529. The molecule has 0 N–H and O–H groups in total. The molecular weight excluding hydrogens is 298 g/mol. The third kappa shape index (κ3) is 3.23. The molecule has 1 aromatic rings. The van der Waals surface area contributed by atoms with Crippen molar-refractivity contribution >= 4 is 11.9 Å². The van der Waals surface area contributed by atoms with Crippen molar-refractivity contribution < 1.29 is 23.8 Å². The number of ether oxygens (including phenoxy) is 3. The van der Waals surface area contributed by atoms with Gasteiger partial charge in [0.25, 0.3) is 5.91 Å². The molecule has 0 bridgehead atoms. The molecule has 0 radical (unpaired) electrons. The molecule has 2 aliphatic heterocycles. The van der Waals surface area contributed by atoms with Crippen LogP contribution in [-0.2, 0) is 30.3 Å². The third-order valence-corrected chi connectivity index (χ3v) is 4.09. The Bertz CT molecular complexity index is 600. The molecule has 6 nitrogen and oxygen atoms in total. The molecule has 1 amide bonds. The molecular formula is C17H21NO5. The molecule has 0 spiro atoms. The summed E-state index contributed by atoms with van der Waals surface area (Å²) in [6, 6.07) is 9.33. The van der Waals surface area contributed by atoms with Gasteiger partial charge in [0.15, 0.2) is 11.9 Å². The van der Waals surface area contributed by atoms with Crippen LogP contribution in [-0.4, -0.2) is 47.4 Å². The molecule has 6 heteroatoms. The Kier molecular flexibility index (Phi) is 4.12. The lowest BCUT2D eigenvalue weighted by Gasteiger charge is -2.29. The van der Waals surface area contributed by atoms with Gasteiger partial charge in [0.1, 0.15) is 12.7 Å². The number of amides is 1. The summed E-state index contributed by atoms with van der Waals surface area (Å²) < 4.78 is 16.8. The summed E-state index contributed by atoms with van der Waals surface area (Å²) >= 11 is 0. The number of esters is 1. The zero-order chi connectivity index (χ0) is 16.6. The van der Waals surface area contributed by atoms with Crippen molar-refractivity contribution in [2.24, 2.45) is 0 Å². The molecule has 0 aliphatic carbocycles. The van der Waals surface area contributed by atoms with E-state index in [1.165, 1.54) is 6.92 Å². The lowest BCUT2D eigenvalue weighted by atomic mass is 10.1. The van der Waals surface area contributed by atoms with Crippen LogP contribution in [0.2, 0.25) is 0 Å². The topological polar surface area (TPSA) is 65.1 Å². The second-order valence-electron chi connectivity index (χ2n) is 6.34. The van der Waals surface area contributed by atoms with Crippen LogP contribution in [0.15, 0.2) is 30.3 Å². The van der Waals surface area contributed by atoms with Crippen LogP contribution in [0.4, 0.5) is 0 Å². The summed E-state index contributed by atoms with van der Waals surface area (Å²) in [6.45, 7) is 5.46. The van der Waals surface area contributed by atoms with Crippen LogP contribution >= 0.6 is 0 Å². The van der Waals surface area contributed by atoms with E-state index in [1.807, 2.05) is 30.3 Å². The highest BCUT2D eigenvalue weighted by atomic mass is 16.8. The highest BCUT2D eigenvalue weighted by Gasteiger charge is 2.57. The lowest BCUT2D eigenvalue weighted by molar-refractivity contribution is -0.176. The summed E-state index contributed by atoms with van der Waals surface area (Å²) in [5.41, 5.74) is 1.01. The predicted octanol–water partition coefficient (Wildman–Crippen LogP) is 1.48. The minimum atomic E-state index is -0.807. The number of likely N-dealkylation sites (tertiary alicyclic amines) is 1. The van der Waals surface area contributed by atoms with Gasteiger partial charge in [-0.3, -0.25) is 9.59 Å². The molecule has 3 rings (SSSR count). The molecule has 1 aromatic carbocycles. The van der Waals surface area contributed by atoms with E-state index in [1.54, 1.807) is 18.7 Å². The Hall–Kier alpha value is -1.92.